The number of carbonyl (C=O) groups excluding carboxylic acids is 1. The largest absolute Gasteiger partial charge is 0.461 e. The van der Waals surface area contributed by atoms with Gasteiger partial charge >= 0.3 is 12.6 Å². The lowest BCUT2D eigenvalue weighted by Gasteiger charge is -2.03. The Morgan fingerprint density at radius 2 is 2.28 bits per heavy atom. The Kier molecular flexibility index (Phi) is 3.40. The van der Waals surface area contributed by atoms with Gasteiger partial charge in [0.25, 0.3) is 0 Å². The number of rotatable bonds is 4. The molecule has 0 saturated carbocycles. The molecule has 0 aliphatic heterocycles. The van der Waals surface area contributed by atoms with Crippen LogP contribution < -0.4 is 4.74 Å². The Morgan fingerprint density at radius 1 is 1.50 bits per heavy atom. The number of nitrogens with one attached hydrogen (secondary N) is 1. The standard InChI is InChI=1S/C11H10F2N2O3/c1-2-17-10(16)9-7-4-3-6(18-11(12)13)5-8(7)14-15-9/h3-5,11H,2H2,1H3,(H,14,15). The molecule has 5 nitrogen and oxygen atoms in total. The summed E-state index contributed by atoms with van der Waals surface area (Å²) in [6, 6.07) is 4.16. The second kappa shape index (κ2) is 4.99. The van der Waals surface area contributed by atoms with Crippen molar-refractivity contribution in [2.45, 2.75) is 13.5 Å². The Labute approximate surface area is 101 Å². The zero-order valence-electron chi connectivity index (χ0n) is 9.44. The summed E-state index contributed by atoms with van der Waals surface area (Å²) in [7, 11) is 0. The highest BCUT2D eigenvalue weighted by molar-refractivity contribution is 6.02. The number of nitrogens with zero attached hydrogens (tertiary/aromatic N) is 1. The number of aromatic amines is 1. The Morgan fingerprint density at radius 3 is 2.94 bits per heavy atom. The number of ether oxygens (including phenoxy) is 2. The van der Waals surface area contributed by atoms with Crippen LogP contribution in [0.25, 0.3) is 10.9 Å². The van der Waals surface area contributed by atoms with Crippen molar-refractivity contribution in [3.63, 3.8) is 0 Å². The van der Waals surface area contributed by atoms with Crippen LogP contribution in [-0.2, 0) is 4.74 Å². The summed E-state index contributed by atoms with van der Waals surface area (Å²) in [5.41, 5.74) is 0.548. The van der Waals surface area contributed by atoms with Crippen molar-refractivity contribution in [3.05, 3.63) is 23.9 Å². The molecule has 0 amide bonds. The Bertz CT molecular complexity index is 568. The van der Waals surface area contributed by atoms with Crippen molar-refractivity contribution in [2.75, 3.05) is 6.61 Å². The number of hydrogen-bond acceptors (Lipinski definition) is 4. The van der Waals surface area contributed by atoms with E-state index in [9.17, 15) is 13.6 Å². The highest BCUT2D eigenvalue weighted by Crippen LogP contribution is 2.23. The predicted molar refractivity (Wildman–Crippen MR) is 58.7 cm³/mol. The van der Waals surface area contributed by atoms with Gasteiger partial charge in [-0.2, -0.15) is 13.9 Å². The number of benzene rings is 1. The maximum atomic E-state index is 12.0. The summed E-state index contributed by atoms with van der Waals surface area (Å²) in [5.74, 6) is -0.567. The van der Waals surface area contributed by atoms with Crippen molar-refractivity contribution < 1.29 is 23.0 Å². The molecule has 1 aromatic heterocycles. The predicted octanol–water partition coefficient (Wildman–Crippen LogP) is 2.34. The zero-order valence-corrected chi connectivity index (χ0v) is 9.44. The maximum absolute atomic E-state index is 12.0. The third-order valence-corrected chi connectivity index (χ3v) is 2.23. The third kappa shape index (κ3) is 2.39. The monoisotopic (exact) mass is 256 g/mol. The topological polar surface area (TPSA) is 64.2 Å². The molecule has 0 saturated heterocycles. The van der Waals surface area contributed by atoms with E-state index in [2.05, 4.69) is 14.9 Å². The quantitative estimate of drug-likeness (QED) is 0.853. The third-order valence-electron chi connectivity index (χ3n) is 2.23. The molecule has 2 aromatic rings. The van der Waals surface area contributed by atoms with Crippen molar-refractivity contribution in [3.8, 4) is 5.75 Å². The van der Waals surface area contributed by atoms with Crippen LogP contribution in [0.1, 0.15) is 17.4 Å². The Hall–Kier alpha value is -2.18. The van der Waals surface area contributed by atoms with E-state index in [1.807, 2.05) is 0 Å². The molecule has 18 heavy (non-hydrogen) atoms. The van der Waals surface area contributed by atoms with Gasteiger partial charge in [-0.3, -0.25) is 5.10 Å². The summed E-state index contributed by atoms with van der Waals surface area (Å²) in [6.45, 7) is -0.976. The molecule has 1 N–H and O–H groups in total. The van der Waals surface area contributed by atoms with Crippen LogP contribution in [0.2, 0.25) is 0 Å². The number of esters is 1. The van der Waals surface area contributed by atoms with E-state index in [1.54, 1.807) is 6.92 Å². The van der Waals surface area contributed by atoms with Crippen molar-refractivity contribution in [2.24, 2.45) is 0 Å². The molecular weight excluding hydrogens is 246 g/mol. The average molecular weight is 256 g/mol. The van der Waals surface area contributed by atoms with E-state index in [1.165, 1.54) is 18.2 Å². The molecule has 0 atom stereocenters. The van der Waals surface area contributed by atoms with Gasteiger partial charge in [0, 0.05) is 11.5 Å². The van der Waals surface area contributed by atoms with Gasteiger partial charge in [0.2, 0.25) is 0 Å². The lowest BCUT2D eigenvalue weighted by molar-refractivity contribution is -0.0497. The molecule has 1 aromatic carbocycles. The SMILES string of the molecule is CCOC(=O)c1n[nH]c2cc(OC(F)F)ccc12. The van der Waals surface area contributed by atoms with Crippen LogP contribution in [0.4, 0.5) is 8.78 Å². The molecule has 0 aliphatic carbocycles. The molecule has 0 fully saturated rings. The Balaban J connectivity index is 2.34. The summed E-state index contributed by atoms with van der Waals surface area (Å²) < 4.78 is 33.1. The van der Waals surface area contributed by atoms with Gasteiger partial charge in [0.15, 0.2) is 5.69 Å². The molecule has 0 unspecified atom stereocenters. The van der Waals surface area contributed by atoms with E-state index in [0.29, 0.717) is 10.9 Å². The van der Waals surface area contributed by atoms with Crippen LogP contribution in [-0.4, -0.2) is 29.4 Å². The first-order chi connectivity index (χ1) is 8.61. The normalized spacial score (nSPS) is 10.9. The molecule has 1 heterocycles. The summed E-state index contributed by atoms with van der Waals surface area (Å²) in [5, 5.41) is 6.85. The molecule has 0 radical (unpaired) electrons. The minimum Gasteiger partial charge on any atom is -0.461 e. The minimum absolute atomic E-state index is 0.00319. The van der Waals surface area contributed by atoms with E-state index < -0.39 is 12.6 Å². The van der Waals surface area contributed by atoms with E-state index in [-0.39, 0.29) is 18.1 Å². The fraction of sp³-hybridized carbons (Fsp3) is 0.273. The highest BCUT2D eigenvalue weighted by Gasteiger charge is 2.16. The second-order valence-corrected chi connectivity index (χ2v) is 3.38. The lowest BCUT2D eigenvalue weighted by Crippen LogP contribution is -2.05. The maximum Gasteiger partial charge on any atom is 0.387 e. The van der Waals surface area contributed by atoms with Crippen molar-refractivity contribution in [1.82, 2.24) is 10.2 Å². The van der Waals surface area contributed by atoms with Crippen LogP contribution in [0.15, 0.2) is 18.2 Å². The number of fused-ring (bicyclic) bond motifs is 1. The number of carbonyl (C=O) groups is 1. The number of H-pyrrole nitrogens is 1. The van der Waals surface area contributed by atoms with Crippen molar-refractivity contribution >= 4 is 16.9 Å². The van der Waals surface area contributed by atoms with Gasteiger partial charge < -0.3 is 9.47 Å². The van der Waals surface area contributed by atoms with Crippen LogP contribution >= 0.6 is 0 Å². The fourth-order valence-corrected chi connectivity index (χ4v) is 1.53. The molecule has 0 aliphatic rings. The molecule has 0 spiro atoms. The summed E-state index contributed by atoms with van der Waals surface area (Å²) in [6.07, 6.45) is 0. The number of alkyl halides is 2. The number of halogens is 2. The molecule has 7 heteroatoms. The van der Waals surface area contributed by atoms with Gasteiger partial charge in [0.05, 0.1) is 12.1 Å². The van der Waals surface area contributed by atoms with Gasteiger partial charge in [-0.15, -0.1) is 0 Å². The van der Waals surface area contributed by atoms with Gasteiger partial charge in [-0.05, 0) is 19.1 Å². The van der Waals surface area contributed by atoms with Crippen molar-refractivity contribution in [1.29, 1.82) is 0 Å². The average Bonchev–Trinajstić information content (AvgIpc) is 2.71. The molecule has 0 bridgehead atoms. The minimum atomic E-state index is -2.89. The van der Waals surface area contributed by atoms with Crippen LogP contribution in [0.5, 0.6) is 5.75 Å². The first-order valence-corrected chi connectivity index (χ1v) is 5.22. The van der Waals surface area contributed by atoms with Crippen LogP contribution in [0, 0.1) is 0 Å². The number of hydrogen-bond donors (Lipinski definition) is 1. The molecule has 2 rings (SSSR count). The summed E-state index contributed by atoms with van der Waals surface area (Å²) >= 11 is 0. The van der Waals surface area contributed by atoms with Crippen LogP contribution in [0.3, 0.4) is 0 Å². The van der Waals surface area contributed by atoms with E-state index in [4.69, 9.17) is 4.74 Å². The van der Waals surface area contributed by atoms with Gasteiger partial charge in [0.1, 0.15) is 5.75 Å². The fourth-order valence-electron chi connectivity index (χ4n) is 1.53. The number of aromatic nitrogens is 2. The lowest BCUT2D eigenvalue weighted by atomic mass is 10.2. The highest BCUT2D eigenvalue weighted by atomic mass is 19.3. The summed E-state index contributed by atoms with van der Waals surface area (Å²) in [4.78, 5) is 11.5. The smallest absolute Gasteiger partial charge is 0.387 e. The first kappa shape index (κ1) is 12.3. The first-order valence-electron chi connectivity index (χ1n) is 5.22. The van der Waals surface area contributed by atoms with Gasteiger partial charge in [-0.25, -0.2) is 4.79 Å². The van der Waals surface area contributed by atoms with E-state index >= 15 is 0 Å². The second-order valence-electron chi connectivity index (χ2n) is 3.38. The molecule has 96 valence electrons. The van der Waals surface area contributed by atoms with Gasteiger partial charge in [-0.1, -0.05) is 0 Å². The molecular formula is C11H10F2N2O3. The van der Waals surface area contributed by atoms with E-state index in [0.717, 1.165) is 0 Å². The zero-order chi connectivity index (χ0) is 13.1.